The van der Waals surface area contributed by atoms with Crippen LogP contribution in [0.2, 0.25) is 0 Å². The molecule has 0 aliphatic heterocycles. The lowest BCUT2D eigenvalue weighted by Crippen LogP contribution is -2.15. The second-order valence-corrected chi connectivity index (χ2v) is 5.98. The molecular formula is C13H12FN3O3S. The molecule has 21 heavy (non-hydrogen) atoms. The van der Waals surface area contributed by atoms with Crippen molar-refractivity contribution < 1.29 is 17.6 Å². The number of nitrogens with two attached hydrogens (primary N) is 1. The quantitative estimate of drug-likeness (QED) is 0.891. The number of carbonyl (C=O) groups excluding carboxylic acids is 1. The molecule has 0 unspecified atom stereocenters. The molecule has 0 fully saturated rings. The highest BCUT2D eigenvalue weighted by atomic mass is 32.2. The predicted molar refractivity (Wildman–Crippen MR) is 74.7 cm³/mol. The highest BCUT2D eigenvalue weighted by Crippen LogP contribution is 2.20. The number of primary amides is 1. The molecule has 1 amide bonds. The van der Waals surface area contributed by atoms with E-state index in [0.29, 0.717) is 5.69 Å². The highest BCUT2D eigenvalue weighted by molar-refractivity contribution is 7.92. The van der Waals surface area contributed by atoms with Crippen LogP contribution >= 0.6 is 0 Å². The molecule has 0 atom stereocenters. The van der Waals surface area contributed by atoms with Gasteiger partial charge in [0.1, 0.15) is 10.7 Å². The number of amides is 1. The molecule has 1 heterocycles. The third kappa shape index (κ3) is 3.34. The summed E-state index contributed by atoms with van der Waals surface area (Å²) >= 11 is 0. The third-order valence-electron chi connectivity index (χ3n) is 2.69. The van der Waals surface area contributed by atoms with Crippen LogP contribution in [-0.4, -0.2) is 19.3 Å². The maximum atomic E-state index is 13.8. The molecule has 110 valence electrons. The fourth-order valence-electron chi connectivity index (χ4n) is 1.57. The average Bonchev–Trinajstić information content (AvgIpc) is 2.41. The number of nitrogens with zero attached hydrogens (tertiary/aromatic N) is 1. The number of sulfonamides is 1. The van der Waals surface area contributed by atoms with Gasteiger partial charge in [-0.25, -0.2) is 12.8 Å². The number of rotatable bonds is 4. The van der Waals surface area contributed by atoms with Gasteiger partial charge >= 0.3 is 0 Å². The van der Waals surface area contributed by atoms with Crippen LogP contribution in [0.1, 0.15) is 16.1 Å². The molecule has 3 N–H and O–H groups in total. The van der Waals surface area contributed by atoms with Gasteiger partial charge in [0.25, 0.3) is 10.0 Å². The van der Waals surface area contributed by atoms with Crippen molar-refractivity contribution in [3.8, 4) is 0 Å². The van der Waals surface area contributed by atoms with Crippen molar-refractivity contribution in [2.75, 3.05) is 4.72 Å². The summed E-state index contributed by atoms with van der Waals surface area (Å²) in [5.41, 5.74) is 5.35. The number of aryl methyl sites for hydroxylation is 1. The predicted octanol–water partition coefficient (Wildman–Crippen LogP) is 1.43. The summed E-state index contributed by atoms with van der Waals surface area (Å²) in [5.74, 6) is -1.69. The number of carbonyl (C=O) groups is 1. The summed E-state index contributed by atoms with van der Waals surface area (Å²) in [5, 5.41) is 0. The van der Waals surface area contributed by atoms with Crippen LogP contribution in [0.15, 0.2) is 41.4 Å². The Balaban J connectivity index is 2.32. The molecule has 2 rings (SSSR count). The van der Waals surface area contributed by atoms with Crippen molar-refractivity contribution in [1.29, 1.82) is 0 Å². The molecule has 0 aliphatic carbocycles. The summed E-state index contributed by atoms with van der Waals surface area (Å²) in [6.07, 6.45) is 1.17. The zero-order valence-corrected chi connectivity index (χ0v) is 11.8. The van der Waals surface area contributed by atoms with Gasteiger partial charge in [0.2, 0.25) is 5.91 Å². The largest absolute Gasteiger partial charge is 0.366 e. The van der Waals surface area contributed by atoms with Gasteiger partial charge < -0.3 is 5.73 Å². The fraction of sp³-hybridized carbons (Fsp3) is 0.0769. The summed E-state index contributed by atoms with van der Waals surface area (Å²) < 4.78 is 40.0. The first-order valence-electron chi connectivity index (χ1n) is 5.84. The number of pyridine rings is 1. The smallest absolute Gasteiger partial charge is 0.263 e. The summed E-state index contributed by atoms with van der Waals surface area (Å²) in [4.78, 5) is 14.7. The van der Waals surface area contributed by atoms with Crippen LogP contribution < -0.4 is 10.5 Å². The molecule has 0 saturated heterocycles. The zero-order chi connectivity index (χ0) is 15.6. The van der Waals surface area contributed by atoms with Crippen molar-refractivity contribution in [2.24, 2.45) is 5.73 Å². The van der Waals surface area contributed by atoms with Crippen molar-refractivity contribution in [1.82, 2.24) is 4.98 Å². The van der Waals surface area contributed by atoms with E-state index >= 15 is 0 Å². The molecule has 0 spiro atoms. The number of hydrogen-bond acceptors (Lipinski definition) is 4. The zero-order valence-electron chi connectivity index (χ0n) is 11.0. The van der Waals surface area contributed by atoms with Crippen LogP contribution in [0, 0.1) is 12.7 Å². The number of nitrogens with one attached hydrogen (secondary N) is 1. The summed E-state index contributed by atoms with van der Waals surface area (Å²) in [7, 11) is -3.95. The average molecular weight is 309 g/mol. The van der Waals surface area contributed by atoms with E-state index in [4.69, 9.17) is 5.73 Å². The molecule has 0 saturated carbocycles. The van der Waals surface area contributed by atoms with E-state index in [1.54, 1.807) is 6.92 Å². The highest BCUT2D eigenvalue weighted by Gasteiger charge is 2.17. The molecule has 0 bridgehead atoms. The standard InChI is InChI=1S/C13H12FN3O3S/c1-8-2-4-10(7-16-8)21(19,20)17-12-5-3-9(13(15)18)6-11(12)14/h2-7,17H,1H3,(H2,15,18). The van der Waals surface area contributed by atoms with E-state index in [9.17, 15) is 17.6 Å². The fourth-order valence-corrected chi connectivity index (χ4v) is 2.58. The first-order chi connectivity index (χ1) is 9.79. The Morgan fingerprint density at radius 2 is 2.00 bits per heavy atom. The first-order valence-corrected chi connectivity index (χ1v) is 7.33. The van der Waals surface area contributed by atoms with Crippen LogP contribution in [0.4, 0.5) is 10.1 Å². The van der Waals surface area contributed by atoms with Crippen LogP contribution in [0.25, 0.3) is 0 Å². The summed E-state index contributed by atoms with van der Waals surface area (Å²) in [6.45, 7) is 1.71. The molecular weight excluding hydrogens is 297 g/mol. The van der Waals surface area contributed by atoms with Crippen molar-refractivity contribution >= 4 is 21.6 Å². The Hall–Kier alpha value is -2.48. The lowest BCUT2D eigenvalue weighted by atomic mass is 10.2. The minimum atomic E-state index is -3.95. The Bertz CT molecular complexity index is 789. The second kappa shape index (κ2) is 5.49. The van der Waals surface area contributed by atoms with Gasteiger partial charge in [0.15, 0.2) is 0 Å². The number of hydrogen-bond donors (Lipinski definition) is 2. The van der Waals surface area contributed by atoms with E-state index in [-0.39, 0.29) is 16.1 Å². The SMILES string of the molecule is Cc1ccc(S(=O)(=O)Nc2ccc(C(N)=O)cc2F)cn1. The molecule has 2 aromatic rings. The Morgan fingerprint density at radius 3 is 2.52 bits per heavy atom. The topological polar surface area (TPSA) is 102 Å². The minimum Gasteiger partial charge on any atom is -0.366 e. The Kier molecular flexibility index (Phi) is 3.90. The van der Waals surface area contributed by atoms with Crippen LogP contribution in [-0.2, 0) is 10.0 Å². The van der Waals surface area contributed by atoms with Crippen LogP contribution in [0.3, 0.4) is 0 Å². The van der Waals surface area contributed by atoms with E-state index in [2.05, 4.69) is 9.71 Å². The van der Waals surface area contributed by atoms with E-state index < -0.39 is 21.7 Å². The number of anilines is 1. The number of aromatic nitrogens is 1. The first kappa shape index (κ1) is 14.9. The second-order valence-electron chi connectivity index (χ2n) is 4.30. The summed E-state index contributed by atoms with van der Waals surface area (Å²) in [6, 6.07) is 6.13. The lowest BCUT2D eigenvalue weighted by molar-refractivity contribution is 0.1000. The molecule has 1 aromatic heterocycles. The van der Waals surface area contributed by atoms with Gasteiger partial charge in [-0.3, -0.25) is 14.5 Å². The molecule has 6 nitrogen and oxygen atoms in total. The molecule has 0 radical (unpaired) electrons. The van der Waals surface area contributed by atoms with Crippen molar-refractivity contribution in [3.05, 3.63) is 53.6 Å². The Labute approximate surface area is 120 Å². The molecule has 8 heteroatoms. The Morgan fingerprint density at radius 1 is 1.29 bits per heavy atom. The molecule has 1 aromatic carbocycles. The monoisotopic (exact) mass is 309 g/mol. The number of benzene rings is 1. The normalized spacial score (nSPS) is 11.1. The lowest BCUT2D eigenvalue weighted by Gasteiger charge is -2.09. The van der Waals surface area contributed by atoms with Gasteiger partial charge in [0.05, 0.1) is 5.69 Å². The van der Waals surface area contributed by atoms with E-state index in [1.165, 1.54) is 24.4 Å². The van der Waals surface area contributed by atoms with Gasteiger partial charge in [-0.1, -0.05) is 0 Å². The maximum absolute atomic E-state index is 13.8. The number of halogens is 1. The molecule has 0 aliphatic rings. The van der Waals surface area contributed by atoms with Crippen molar-refractivity contribution in [2.45, 2.75) is 11.8 Å². The van der Waals surface area contributed by atoms with Crippen molar-refractivity contribution in [3.63, 3.8) is 0 Å². The van der Waals surface area contributed by atoms with Gasteiger partial charge in [-0.05, 0) is 37.3 Å². The van der Waals surface area contributed by atoms with Gasteiger partial charge in [0, 0.05) is 17.5 Å². The van der Waals surface area contributed by atoms with Gasteiger partial charge in [-0.15, -0.1) is 0 Å². The van der Waals surface area contributed by atoms with Crippen LogP contribution in [0.5, 0.6) is 0 Å². The van der Waals surface area contributed by atoms with E-state index in [0.717, 1.165) is 12.1 Å². The maximum Gasteiger partial charge on any atom is 0.263 e. The van der Waals surface area contributed by atoms with Gasteiger partial charge in [-0.2, -0.15) is 0 Å². The van der Waals surface area contributed by atoms with E-state index in [1.807, 2.05) is 0 Å². The minimum absolute atomic E-state index is 0.0487. The third-order valence-corrected chi connectivity index (χ3v) is 4.04.